The molecule has 4 rings (SSSR count). The number of aromatic nitrogens is 1. The Kier molecular flexibility index (Phi) is 5.13. The zero-order chi connectivity index (χ0) is 20.5. The van der Waals surface area contributed by atoms with Gasteiger partial charge in [-0.05, 0) is 42.2 Å². The molecular weight excluding hydrogens is 370 g/mol. The summed E-state index contributed by atoms with van der Waals surface area (Å²) in [5.74, 6) is 0.599. The number of likely N-dealkylation sites (tertiary alicyclic amines) is 1. The van der Waals surface area contributed by atoms with Crippen molar-refractivity contribution in [1.82, 2.24) is 14.8 Å². The molecule has 1 aromatic heterocycles. The number of carbonyl (C=O) groups is 2. The first-order valence-corrected chi connectivity index (χ1v) is 9.94. The largest absolute Gasteiger partial charge is 0.490 e. The van der Waals surface area contributed by atoms with Crippen LogP contribution in [0.4, 0.5) is 4.79 Å². The molecule has 1 saturated heterocycles. The molecule has 0 bridgehead atoms. The Hall–Kier alpha value is -3.09. The summed E-state index contributed by atoms with van der Waals surface area (Å²) in [5, 5.41) is 9.53. The number of carbonyl (C=O) groups excluding carboxylic acids is 1. The quantitative estimate of drug-likeness (QED) is 0.842. The van der Waals surface area contributed by atoms with Crippen LogP contribution in [-0.2, 0) is 6.42 Å². The molecule has 2 amide bonds. The van der Waals surface area contributed by atoms with Crippen LogP contribution in [-0.4, -0.2) is 64.2 Å². The predicted molar refractivity (Wildman–Crippen MR) is 107 cm³/mol. The van der Waals surface area contributed by atoms with E-state index in [1.54, 1.807) is 23.4 Å². The number of rotatable bonds is 5. The van der Waals surface area contributed by atoms with Gasteiger partial charge in [0.05, 0.1) is 18.8 Å². The van der Waals surface area contributed by atoms with E-state index in [4.69, 9.17) is 4.74 Å². The molecular formula is C22H25N3O4. The summed E-state index contributed by atoms with van der Waals surface area (Å²) in [6.45, 7) is 5.51. The van der Waals surface area contributed by atoms with Gasteiger partial charge < -0.3 is 19.6 Å². The molecule has 0 aliphatic carbocycles. The van der Waals surface area contributed by atoms with E-state index >= 15 is 0 Å². The summed E-state index contributed by atoms with van der Waals surface area (Å²) in [6, 6.07) is 7.60. The normalized spacial score (nSPS) is 20.4. The van der Waals surface area contributed by atoms with Crippen LogP contribution in [0.15, 0.2) is 36.7 Å². The first-order chi connectivity index (χ1) is 14.0. The van der Waals surface area contributed by atoms with Crippen molar-refractivity contribution in [3.05, 3.63) is 58.9 Å². The number of aryl methyl sites for hydroxylation is 2. The van der Waals surface area contributed by atoms with Crippen LogP contribution in [0.1, 0.15) is 39.9 Å². The molecule has 1 N–H and O–H groups in total. The number of amides is 2. The number of nitrogens with zero attached hydrogens (tertiary/aromatic N) is 3. The van der Waals surface area contributed by atoms with E-state index in [1.165, 1.54) is 10.5 Å². The summed E-state index contributed by atoms with van der Waals surface area (Å²) in [5.41, 5.74) is 3.84. The zero-order valence-electron chi connectivity index (χ0n) is 16.7. The molecule has 2 unspecified atom stereocenters. The molecule has 0 spiro atoms. The van der Waals surface area contributed by atoms with Crippen LogP contribution < -0.4 is 4.74 Å². The van der Waals surface area contributed by atoms with E-state index < -0.39 is 6.09 Å². The van der Waals surface area contributed by atoms with Crippen LogP contribution >= 0.6 is 0 Å². The molecule has 2 aromatic rings. The second-order valence-electron chi connectivity index (χ2n) is 7.63. The van der Waals surface area contributed by atoms with Gasteiger partial charge in [0.25, 0.3) is 5.91 Å². The summed E-state index contributed by atoms with van der Waals surface area (Å²) in [4.78, 5) is 32.3. The number of carboxylic acid groups (broad SMARTS) is 1. The maximum atomic E-state index is 13.4. The average Bonchev–Trinajstić information content (AvgIpc) is 3.16. The topological polar surface area (TPSA) is 83.0 Å². The number of fused-ring (bicyclic) bond motifs is 3. The summed E-state index contributed by atoms with van der Waals surface area (Å²) >= 11 is 0. The Bertz CT molecular complexity index is 931. The van der Waals surface area contributed by atoms with Crippen molar-refractivity contribution in [2.75, 3.05) is 26.2 Å². The van der Waals surface area contributed by atoms with Crippen molar-refractivity contribution in [1.29, 1.82) is 0 Å². The maximum absolute atomic E-state index is 13.4. The van der Waals surface area contributed by atoms with Crippen molar-refractivity contribution < 1.29 is 19.4 Å². The molecule has 2 aliphatic heterocycles. The first-order valence-electron chi connectivity index (χ1n) is 9.94. The lowest BCUT2D eigenvalue weighted by atomic mass is 9.81. The number of benzene rings is 1. The van der Waals surface area contributed by atoms with E-state index in [-0.39, 0.29) is 17.9 Å². The van der Waals surface area contributed by atoms with Gasteiger partial charge >= 0.3 is 6.09 Å². The van der Waals surface area contributed by atoms with E-state index in [1.807, 2.05) is 13.0 Å². The Balaban J connectivity index is 1.63. The molecule has 0 radical (unpaired) electrons. The molecule has 1 aromatic carbocycles. The minimum Gasteiger partial charge on any atom is -0.490 e. The van der Waals surface area contributed by atoms with Crippen molar-refractivity contribution in [3.63, 3.8) is 0 Å². The maximum Gasteiger partial charge on any atom is 0.407 e. The van der Waals surface area contributed by atoms with Gasteiger partial charge in [0.1, 0.15) is 12.4 Å². The lowest BCUT2D eigenvalue weighted by molar-refractivity contribution is 0.0603. The van der Waals surface area contributed by atoms with E-state index in [0.717, 1.165) is 23.1 Å². The number of pyridine rings is 1. The van der Waals surface area contributed by atoms with Crippen molar-refractivity contribution in [2.45, 2.75) is 32.2 Å². The average molecular weight is 395 g/mol. The first kappa shape index (κ1) is 19.2. The molecule has 3 heterocycles. The van der Waals surface area contributed by atoms with E-state index in [2.05, 4.69) is 24.0 Å². The van der Waals surface area contributed by atoms with Crippen LogP contribution in [0.2, 0.25) is 0 Å². The second-order valence-corrected chi connectivity index (χ2v) is 7.63. The highest BCUT2D eigenvalue weighted by Gasteiger charge is 2.46. The monoisotopic (exact) mass is 395 g/mol. The molecule has 2 atom stereocenters. The fourth-order valence-electron chi connectivity index (χ4n) is 4.50. The lowest BCUT2D eigenvalue weighted by Gasteiger charge is -2.38. The van der Waals surface area contributed by atoms with Crippen molar-refractivity contribution >= 4 is 12.0 Å². The molecule has 7 nitrogen and oxygen atoms in total. The van der Waals surface area contributed by atoms with Gasteiger partial charge in [-0.3, -0.25) is 9.78 Å². The minimum atomic E-state index is -0.941. The lowest BCUT2D eigenvalue weighted by Crippen LogP contribution is -2.50. The smallest absolute Gasteiger partial charge is 0.407 e. The SMILES string of the molecule is CCc1cc(C)c2c(c1)C1CN(C(=O)O)CC1N(CCOc1cccnc1)C2=O. The zero-order valence-corrected chi connectivity index (χ0v) is 16.7. The van der Waals surface area contributed by atoms with E-state index in [9.17, 15) is 14.7 Å². The van der Waals surface area contributed by atoms with Gasteiger partial charge in [-0.1, -0.05) is 19.1 Å². The Morgan fingerprint density at radius 3 is 2.86 bits per heavy atom. The van der Waals surface area contributed by atoms with Gasteiger partial charge in [-0.15, -0.1) is 0 Å². The third-order valence-electron chi connectivity index (χ3n) is 5.90. The molecule has 152 valence electrons. The molecule has 1 fully saturated rings. The molecule has 7 heteroatoms. The minimum absolute atomic E-state index is 0.0117. The Labute approximate surface area is 169 Å². The molecule has 29 heavy (non-hydrogen) atoms. The highest BCUT2D eigenvalue weighted by atomic mass is 16.5. The summed E-state index contributed by atoms with van der Waals surface area (Å²) in [6.07, 6.45) is 3.25. The van der Waals surface area contributed by atoms with Gasteiger partial charge in [-0.25, -0.2) is 4.79 Å². The van der Waals surface area contributed by atoms with Gasteiger partial charge in [0, 0.05) is 30.8 Å². The third-order valence-corrected chi connectivity index (χ3v) is 5.90. The van der Waals surface area contributed by atoms with Crippen LogP contribution in [0, 0.1) is 6.92 Å². The highest BCUT2D eigenvalue weighted by molar-refractivity contribution is 5.99. The van der Waals surface area contributed by atoms with Crippen molar-refractivity contribution in [2.24, 2.45) is 0 Å². The second kappa shape index (κ2) is 7.73. The Morgan fingerprint density at radius 2 is 2.17 bits per heavy atom. The van der Waals surface area contributed by atoms with Gasteiger partial charge in [-0.2, -0.15) is 0 Å². The predicted octanol–water partition coefficient (Wildman–Crippen LogP) is 2.93. The fourth-order valence-corrected chi connectivity index (χ4v) is 4.50. The number of hydrogen-bond donors (Lipinski definition) is 1. The molecule has 0 saturated carbocycles. The van der Waals surface area contributed by atoms with Gasteiger partial charge in [0.2, 0.25) is 0 Å². The summed E-state index contributed by atoms with van der Waals surface area (Å²) < 4.78 is 5.75. The van der Waals surface area contributed by atoms with E-state index in [0.29, 0.717) is 32.0 Å². The van der Waals surface area contributed by atoms with Crippen LogP contribution in [0.3, 0.4) is 0 Å². The number of hydrogen-bond acceptors (Lipinski definition) is 4. The van der Waals surface area contributed by atoms with Crippen LogP contribution in [0.5, 0.6) is 5.75 Å². The third kappa shape index (κ3) is 3.52. The fraction of sp³-hybridized carbons (Fsp3) is 0.409. The standard InChI is InChI=1S/C22H25N3O4/c1-3-15-9-14(2)20-17(10-15)18-12-24(22(27)28)13-19(18)25(21(20)26)7-8-29-16-5-4-6-23-11-16/h4-6,9-11,18-19H,3,7-8,12-13H2,1-2H3,(H,27,28). The summed E-state index contributed by atoms with van der Waals surface area (Å²) in [7, 11) is 0. The molecule has 2 aliphatic rings. The van der Waals surface area contributed by atoms with Crippen LogP contribution in [0.25, 0.3) is 0 Å². The Morgan fingerprint density at radius 1 is 1.34 bits per heavy atom. The van der Waals surface area contributed by atoms with Crippen molar-refractivity contribution in [3.8, 4) is 5.75 Å². The van der Waals surface area contributed by atoms with Gasteiger partial charge in [0.15, 0.2) is 0 Å². The highest BCUT2D eigenvalue weighted by Crippen LogP contribution is 2.40. The number of ether oxygens (including phenoxy) is 1.